The highest BCUT2D eigenvalue weighted by Gasteiger charge is 2.48. The molecule has 0 bridgehead atoms. The molecule has 4 spiro atoms. The van der Waals surface area contributed by atoms with Crippen LogP contribution in [-0.4, -0.2) is 0 Å². The number of aryl methyl sites for hydroxylation is 4. The molecule has 4 saturated carbocycles. The van der Waals surface area contributed by atoms with Crippen LogP contribution in [0, 0.1) is 73.0 Å². The largest absolute Gasteiger partial charge is 0.199 e. The van der Waals surface area contributed by atoms with Gasteiger partial charge in [-0.05, 0) is 179 Å². The Bertz CT molecular complexity index is 3730. The molecule has 0 radical (unpaired) electrons. The lowest BCUT2D eigenvalue weighted by Gasteiger charge is -2.28. The van der Waals surface area contributed by atoms with Gasteiger partial charge >= 0.3 is 0 Å². The predicted octanol–water partition coefficient (Wildman–Crippen LogP) is 21.5. The van der Waals surface area contributed by atoms with E-state index in [1.807, 2.05) is 0 Å². The summed E-state index contributed by atoms with van der Waals surface area (Å²) in [4.78, 5) is 0. The zero-order valence-corrected chi connectivity index (χ0v) is 51.3. The van der Waals surface area contributed by atoms with E-state index < -0.39 is 0 Å². The zero-order valence-electron chi connectivity index (χ0n) is 51.3. The summed E-state index contributed by atoms with van der Waals surface area (Å²) in [5, 5.41) is 29.3. The van der Waals surface area contributed by atoms with Crippen LogP contribution in [0.2, 0.25) is 0 Å². The van der Waals surface area contributed by atoms with Gasteiger partial charge in [-0.2, -0.15) is 21.0 Å². The second-order valence-electron chi connectivity index (χ2n) is 24.3. The third-order valence-electron chi connectivity index (χ3n) is 19.7. The first-order chi connectivity index (χ1) is 40.9. The molecule has 4 heteroatoms. The summed E-state index contributed by atoms with van der Waals surface area (Å²) < 4.78 is 0. The van der Waals surface area contributed by atoms with Crippen molar-refractivity contribution < 1.29 is 0 Å². The zero-order chi connectivity index (χ0) is 59.5. The lowest BCUT2D eigenvalue weighted by atomic mass is 9.75. The van der Waals surface area contributed by atoms with Gasteiger partial charge < -0.3 is 0 Å². The van der Waals surface area contributed by atoms with Crippen molar-refractivity contribution in [2.75, 3.05) is 0 Å². The van der Waals surface area contributed by atoms with Crippen molar-refractivity contribution in [2.45, 2.75) is 180 Å². The van der Waals surface area contributed by atoms with Crippen molar-refractivity contribution in [3.63, 3.8) is 0 Å². The number of hydrogen-bond donors (Lipinski definition) is 0. The molecule has 8 aromatic rings. The maximum atomic E-state index is 7.32. The predicted molar refractivity (Wildman–Crippen MR) is 349 cm³/mol. The van der Waals surface area contributed by atoms with Crippen molar-refractivity contribution in [3.8, 4) is 68.8 Å². The normalized spacial score (nSPS) is 16.6. The monoisotopic (exact) mass is 1100 g/mol. The summed E-state index contributed by atoms with van der Waals surface area (Å²) in [6.07, 6.45) is 21.7. The molecule has 8 aliphatic rings. The lowest BCUT2D eigenvalue weighted by Crippen LogP contribution is -2.21. The van der Waals surface area contributed by atoms with Crippen LogP contribution in [0.3, 0.4) is 0 Å². The van der Waals surface area contributed by atoms with Crippen LogP contribution in [0.5, 0.6) is 0 Å². The Kier molecular flexibility index (Phi) is 19.0. The molecule has 0 saturated heterocycles. The first-order valence-electron chi connectivity index (χ1n) is 31.0. The van der Waals surface area contributed by atoms with Crippen molar-refractivity contribution in [1.29, 1.82) is 21.0 Å². The van der Waals surface area contributed by atoms with Gasteiger partial charge in [0.25, 0.3) is 0 Å². The maximum absolute atomic E-state index is 7.32. The molecule has 84 heavy (non-hydrogen) atoms. The maximum Gasteiger partial charge on any atom is 0.0587 e. The molecule has 16 rings (SSSR count). The second-order valence-corrected chi connectivity index (χ2v) is 24.3. The Labute approximate surface area is 503 Å². The number of rotatable bonds is 0. The van der Waals surface area contributed by atoms with Gasteiger partial charge in [0.15, 0.2) is 0 Å². The molecule has 0 unspecified atom stereocenters. The van der Waals surface area contributed by atoms with Crippen molar-refractivity contribution >= 4 is 0 Å². The molecule has 424 valence electrons. The van der Waals surface area contributed by atoms with Gasteiger partial charge in [-0.15, -0.1) is 0 Å². The minimum Gasteiger partial charge on any atom is -0.199 e. The Morgan fingerprint density at radius 1 is 0.274 bits per heavy atom. The highest BCUT2D eigenvalue weighted by atomic mass is 14.5. The van der Waals surface area contributed by atoms with Crippen LogP contribution in [0.1, 0.15) is 197 Å². The number of nitrogens with zero attached hydrogens (tertiary/aromatic N) is 4. The molecule has 0 N–H and O–H groups in total. The number of nitriles is 4. The molecule has 0 atom stereocenters. The average Bonchev–Trinajstić information content (AvgIpc) is 2.03. The summed E-state index contributed by atoms with van der Waals surface area (Å²) in [6, 6.07) is 70.9. The molecule has 0 aliphatic heterocycles. The van der Waals surface area contributed by atoms with E-state index in [1.54, 1.807) is 68.8 Å². The van der Waals surface area contributed by atoms with Crippen LogP contribution < -0.4 is 0 Å². The van der Waals surface area contributed by atoms with Crippen LogP contribution in [0.15, 0.2) is 170 Å². The van der Waals surface area contributed by atoms with E-state index in [-0.39, 0.29) is 0 Å². The van der Waals surface area contributed by atoms with Crippen molar-refractivity contribution in [2.24, 2.45) is 0 Å². The first-order valence-corrected chi connectivity index (χ1v) is 31.0. The van der Waals surface area contributed by atoms with E-state index in [2.05, 4.69) is 198 Å². The number of hydrogen-bond acceptors (Lipinski definition) is 4. The van der Waals surface area contributed by atoms with Crippen LogP contribution >= 0.6 is 0 Å². The minimum absolute atomic E-state index is 0.345. The molecule has 0 aromatic heterocycles. The van der Waals surface area contributed by atoms with Crippen LogP contribution in [0.4, 0.5) is 0 Å². The van der Waals surface area contributed by atoms with Gasteiger partial charge in [0, 0.05) is 49.4 Å². The van der Waals surface area contributed by atoms with E-state index in [1.165, 1.54) is 197 Å². The Balaban J connectivity index is 0.000000126. The molecular formula is C80H84N4. The molecule has 0 heterocycles. The van der Waals surface area contributed by atoms with Gasteiger partial charge in [0.2, 0.25) is 0 Å². The van der Waals surface area contributed by atoms with E-state index in [0.717, 1.165) is 0 Å². The van der Waals surface area contributed by atoms with E-state index in [9.17, 15) is 0 Å². The van der Waals surface area contributed by atoms with Gasteiger partial charge in [0.05, 0.1) is 24.3 Å². The summed E-state index contributed by atoms with van der Waals surface area (Å²) in [5.74, 6) is 0. The summed E-state index contributed by atoms with van der Waals surface area (Å²) in [6.45, 7) is 14.7. The Morgan fingerprint density at radius 3 is 1.10 bits per heavy atom. The fraction of sp³-hybridized carbons (Fsp3) is 0.350. The van der Waals surface area contributed by atoms with Crippen LogP contribution in [0.25, 0.3) is 44.5 Å². The smallest absolute Gasteiger partial charge is 0.0587 e. The highest BCUT2D eigenvalue weighted by molar-refractivity contribution is 5.85. The second kappa shape index (κ2) is 26.5. The van der Waals surface area contributed by atoms with Gasteiger partial charge in [0.1, 0.15) is 0 Å². The third kappa shape index (κ3) is 10.8. The topological polar surface area (TPSA) is 95.2 Å². The molecular weight excluding hydrogens is 1020 g/mol. The number of fused-ring (bicyclic) bond motifs is 20. The molecule has 4 nitrogen and oxygen atoms in total. The van der Waals surface area contributed by atoms with E-state index in [4.69, 9.17) is 21.0 Å². The first kappa shape index (κ1) is 60.3. The van der Waals surface area contributed by atoms with Crippen molar-refractivity contribution in [3.05, 3.63) is 237 Å². The highest BCUT2D eigenvalue weighted by Crippen LogP contribution is 2.61. The Hall–Kier alpha value is -8.28. The fourth-order valence-corrected chi connectivity index (χ4v) is 16.7. The summed E-state index contributed by atoms with van der Waals surface area (Å²) in [5.41, 5.74) is 31.8. The minimum atomic E-state index is 0.345. The third-order valence-corrected chi connectivity index (χ3v) is 19.7. The van der Waals surface area contributed by atoms with E-state index >= 15 is 0 Å². The number of benzene rings is 8. The van der Waals surface area contributed by atoms with Crippen molar-refractivity contribution in [1.82, 2.24) is 0 Å². The van der Waals surface area contributed by atoms with Gasteiger partial charge in [-0.1, -0.05) is 232 Å². The Morgan fingerprint density at radius 2 is 0.583 bits per heavy atom. The molecule has 8 aliphatic carbocycles. The van der Waals surface area contributed by atoms with Crippen LogP contribution in [-0.2, 0) is 21.7 Å². The molecule has 4 fully saturated rings. The lowest BCUT2D eigenvalue weighted by molar-refractivity contribution is 0.547. The molecule has 8 aromatic carbocycles. The average molecular weight is 1100 g/mol. The quantitative estimate of drug-likeness (QED) is 0.151. The molecule has 0 amide bonds. The summed E-state index contributed by atoms with van der Waals surface area (Å²) >= 11 is 0. The van der Waals surface area contributed by atoms with E-state index in [0.29, 0.717) is 21.7 Å². The van der Waals surface area contributed by atoms with Gasteiger partial charge in [-0.25, -0.2) is 0 Å². The SMILES string of the molecule is CC#N.CC#N.CC#N.CC#N.Cc1ccc2c(c1)-c1ccccc1C21CCCC1.Cc1ccc2c(c1)C1(CCCC1)c1ccccc1-2.Cc1cccc2c1-c1ccccc1C21CCCC1.Cc1cccc2c1C1(CCCC1)c1ccccc1-2. The van der Waals surface area contributed by atoms with Gasteiger partial charge in [-0.3, -0.25) is 0 Å². The summed E-state index contributed by atoms with van der Waals surface area (Å²) in [7, 11) is 0. The fourth-order valence-electron chi connectivity index (χ4n) is 16.7. The standard InChI is InChI=1S/4C18H18.4C2H3N/c1-13-7-6-9-15-14-8-2-3-10-16(14)18(17(13)15)11-4-5-12-18;1-13-7-6-10-16-17(13)14-8-2-3-9-15(14)18(16)11-4-5-12-18;1-13-8-9-17-15(12-13)14-6-2-3-7-16(14)18(17)10-4-5-11-18;1-13-8-9-15-14-6-2-3-7-16(14)18(17(15)12-13)10-4-5-11-18;4*1-2-3/h2*2-3,6-10H,4-5,11-12H2,1H3;2*2-3,6-9,12H,4-5,10-11H2,1H3;4*1H3.